The van der Waals surface area contributed by atoms with Crippen molar-refractivity contribution in [3.63, 3.8) is 0 Å². The van der Waals surface area contributed by atoms with E-state index in [0.29, 0.717) is 13.0 Å². The minimum Gasteiger partial charge on any atom is -0.391 e. The number of hydrogen-bond donors (Lipinski definition) is 2. The van der Waals surface area contributed by atoms with Crippen LogP contribution in [0.25, 0.3) is 0 Å². The zero-order chi connectivity index (χ0) is 14.9. The van der Waals surface area contributed by atoms with Crippen LogP contribution in [0, 0.1) is 0 Å². The van der Waals surface area contributed by atoms with E-state index in [-0.39, 0.29) is 6.04 Å². The lowest BCUT2D eigenvalue weighted by Crippen LogP contribution is -2.27. The van der Waals surface area contributed by atoms with E-state index >= 15 is 0 Å². The van der Waals surface area contributed by atoms with E-state index in [1.54, 1.807) is 7.11 Å². The van der Waals surface area contributed by atoms with Gasteiger partial charge in [-0.15, -0.1) is 0 Å². The van der Waals surface area contributed by atoms with E-state index in [2.05, 4.69) is 29.6 Å². The van der Waals surface area contributed by atoms with E-state index in [0.717, 1.165) is 6.54 Å². The SMILES string of the molecule is COC[C@@H](O)C[C@@H](NCc1ccccc1)c1ccccc1. The number of nitrogens with one attached hydrogen (secondary N) is 1. The van der Waals surface area contributed by atoms with Crippen LogP contribution in [-0.2, 0) is 11.3 Å². The van der Waals surface area contributed by atoms with Crippen LogP contribution in [0.15, 0.2) is 60.7 Å². The average molecular weight is 285 g/mol. The van der Waals surface area contributed by atoms with Gasteiger partial charge < -0.3 is 15.2 Å². The summed E-state index contributed by atoms with van der Waals surface area (Å²) in [5, 5.41) is 13.5. The Labute approximate surface area is 126 Å². The number of benzene rings is 2. The average Bonchev–Trinajstić information content (AvgIpc) is 2.53. The first-order valence-electron chi connectivity index (χ1n) is 7.29. The third-order valence-corrected chi connectivity index (χ3v) is 3.46. The molecule has 0 saturated heterocycles. The second-order valence-electron chi connectivity index (χ2n) is 5.17. The molecule has 0 bridgehead atoms. The summed E-state index contributed by atoms with van der Waals surface area (Å²) >= 11 is 0. The van der Waals surface area contributed by atoms with Crippen molar-refractivity contribution < 1.29 is 9.84 Å². The van der Waals surface area contributed by atoms with E-state index in [9.17, 15) is 5.11 Å². The van der Waals surface area contributed by atoms with Gasteiger partial charge in [0.15, 0.2) is 0 Å². The molecule has 3 heteroatoms. The minimum atomic E-state index is -0.469. The second kappa shape index (κ2) is 8.57. The normalized spacial score (nSPS) is 13.8. The molecule has 0 amide bonds. The van der Waals surface area contributed by atoms with Crippen molar-refractivity contribution >= 4 is 0 Å². The van der Waals surface area contributed by atoms with Crippen LogP contribution in [0.4, 0.5) is 0 Å². The Bertz CT molecular complexity index is 501. The molecule has 0 aliphatic rings. The van der Waals surface area contributed by atoms with E-state index in [1.165, 1.54) is 11.1 Å². The van der Waals surface area contributed by atoms with Crippen molar-refractivity contribution in [3.8, 4) is 0 Å². The molecule has 0 fully saturated rings. The lowest BCUT2D eigenvalue weighted by atomic mass is 10.0. The summed E-state index contributed by atoms with van der Waals surface area (Å²) in [6.45, 7) is 1.14. The molecular formula is C18H23NO2. The van der Waals surface area contributed by atoms with E-state index in [1.807, 2.05) is 36.4 Å². The second-order valence-corrected chi connectivity index (χ2v) is 5.17. The number of hydrogen-bond acceptors (Lipinski definition) is 3. The van der Waals surface area contributed by atoms with Gasteiger partial charge >= 0.3 is 0 Å². The molecule has 0 aliphatic heterocycles. The Morgan fingerprint density at radius 2 is 1.62 bits per heavy atom. The molecule has 0 heterocycles. The molecule has 2 atom stereocenters. The first-order valence-corrected chi connectivity index (χ1v) is 7.29. The van der Waals surface area contributed by atoms with Gasteiger partial charge in [-0.3, -0.25) is 0 Å². The summed E-state index contributed by atoms with van der Waals surface area (Å²) in [5.74, 6) is 0. The van der Waals surface area contributed by atoms with Gasteiger partial charge in [-0.2, -0.15) is 0 Å². The predicted molar refractivity (Wildman–Crippen MR) is 85.0 cm³/mol. The van der Waals surface area contributed by atoms with Crippen LogP contribution in [0.2, 0.25) is 0 Å². The van der Waals surface area contributed by atoms with Crippen molar-refractivity contribution in [2.24, 2.45) is 0 Å². The van der Waals surface area contributed by atoms with Crippen LogP contribution >= 0.6 is 0 Å². The van der Waals surface area contributed by atoms with Gasteiger partial charge in [-0.05, 0) is 17.5 Å². The Kier molecular flexibility index (Phi) is 6.41. The van der Waals surface area contributed by atoms with Gasteiger partial charge in [0.2, 0.25) is 0 Å². The van der Waals surface area contributed by atoms with Crippen molar-refractivity contribution in [2.45, 2.75) is 25.1 Å². The third-order valence-electron chi connectivity index (χ3n) is 3.46. The van der Waals surface area contributed by atoms with Crippen LogP contribution in [0.1, 0.15) is 23.6 Å². The molecule has 0 unspecified atom stereocenters. The highest BCUT2D eigenvalue weighted by molar-refractivity contribution is 5.20. The molecule has 0 radical (unpaired) electrons. The van der Waals surface area contributed by atoms with Crippen molar-refractivity contribution in [3.05, 3.63) is 71.8 Å². The predicted octanol–water partition coefficient (Wildman–Crippen LogP) is 2.91. The molecule has 21 heavy (non-hydrogen) atoms. The van der Waals surface area contributed by atoms with Crippen LogP contribution in [0.5, 0.6) is 0 Å². The Balaban J connectivity index is 2.01. The zero-order valence-electron chi connectivity index (χ0n) is 12.4. The Morgan fingerprint density at radius 3 is 2.24 bits per heavy atom. The van der Waals surface area contributed by atoms with Crippen molar-refractivity contribution in [1.29, 1.82) is 0 Å². The summed E-state index contributed by atoms with van der Waals surface area (Å²) in [7, 11) is 1.61. The van der Waals surface area contributed by atoms with Crippen LogP contribution < -0.4 is 5.32 Å². The summed E-state index contributed by atoms with van der Waals surface area (Å²) in [6, 6.07) is 20.6. The highest BCUT2D eigenvalue weighted by Gasteiger charge is 2.16. The van der Waals surface area contributed by atoms with Gasteiger partial charge in [0.1, 0.15) is 0 Å². The molecular weight excluding hydrogens is 262 g/mol. The van der Waals surface area contributed by atoms with Crippen LogP contribution in [-0.4, -0.2) is 24.9 Å². The van der Waals surface area contributed by atoms with Crippen molar-refractivity contribution in [1.82, 2.24) is 5.32 Å². The van der Waals surface area contributed by atoms with Gasteiger partial charge in [0, 0.05) is 19.7 Å². The Morgan fingerprint density at radius 1 is 1.00 bits per heavy atom. The molecule has 2 aromatic rings. The molecule has 2 rings (SSSR count). The molecule has 3 nitrogen and oxygen atoms in total. The summed E-state index contributed by atoms with van der Waals surface area (Å²) in [6.07, 6.45) is 0.161. The van der Waals surface area contributed by atoms with Gasteiger partial charge in [0.05, 0.1) is 12.7 Å². The lowest BCUT2D eigenvalue weighted by molar-refractivity contribution is 0.0520. The topological polar surface area (TPSA) is 41.5 Å². The fraction of sp³-hybridized carbons (Fsp3) is 0.333. The summed E-state index contributed by atoms with van der Waals surface area (Å²) in [4.78, 5) is 0. The van der Waals surface area contributed by atoms with E-state index in [4.69, 9.17) is 4.74 Å². The van der Waals surface area contributed by atoms with E-state index < -0.39 is 6.10 Å². The molecule has 112 valence electrons. The molecule has 0 saturated carbocycles. The fourth-order valence-corrected chi connectivity index (χ4v) is 2.39. The lowest BCUT2D eigenvalue weighted by Gasteiger charge is -2.22. The maximum absolute atomic E-state index is 10.0. The number of aliphatic hydroxyl groups excluding tert-OH is 1. The highest BCUT2D eigenvalue weighted by atomic mass is 16.5. The van der Waals surface area contributed by atoms with Crippen LogP contribution in [0.3, 0.4) is 0 Å². The third kappa shape index (κ3) is 5.31. The number of methoxy groups -OCH3 is 1. The number of ether oxygens (including phenoxy) is 1. The largest absolute Gasteiger partial charge is 0.391 e. The maximum atomic E-state index is 10.0. The maximum Gasteiger partial charge on any atom is 0.0791 e. The van der Waals surface area contributed by atoms with Gasteiger partial charge in [-0.25, -0.2) is 0 Å². The number of rotatable bonds is 8. The molecule has 0 aliphatic carbocycles. The number of aliphatic hydroxyl groups is 1. The monoisotopic (exact) mass is 285 g/mol. The van der Waals surface area contributed by atoms with Crippen molar-refractivity contribution in [2.75, 3.05) is 13.7 Å². The molecule has 2 N–H and O–H groups in total. The smallest absolute Gasteiger partial charge is 0.0791 e. The fourth-order valence-electron chi connectivity index (χ4n) is 2.39. The molecule has 0 spiro atoms. The molecule has 2 aromatic carbocycles. The first-order chi connectivity index (χ1) is 10.3. The summed E-state index contributed by atoms with van der Waals surface area (Å²) in [5.41, 5.74) is 2.42. The quantitative estimate of drug-likeness (QED) is 0.783. The summed E-state index contributed by atoms with van der Waals surface area (Å²) < 4.78 is 5.03. The minimum absolute atomic E-state index is 0.108. The van der Waals surface area contributed by atoms with Gasteiger partial charge in [-0.1, -0.05) is 60.7 Å². The molecule has 0 aromatic heterocycles. The standard InChI is InChI=1S/C18H23NO2/c1-21-14-17(20)12-18(16-10-6-3-7-11-16)19-13-15-8-4-2-5-9-15/h2-11,17-20H,12-14H2,1H3/t17-,18+/m0/s1. The zero-order valence-corrected chi connectivity index (χ0v) is 12.4. The Hall–Kier alpha value is -1.68. The highest BCUT2D eigenvalue weighted by Crippen LogP contribution is 2.19. The van der Waals surface area contributed by atoms with Gasteiger partial charge in [0.25, 0.3) is 0 Å². The first kappa shape index (κ1) is 15.7.